The van der Waals surface area contributed by atoms with Gasteiger partial charge in [0.2, 0.25) is 0 Å². The summed E-state index contributed by atoms with van der Waals surface area (Å²) in [4.78, 5) is 10.1. The summed E-state index contributed by atoms with van der Waals surface area (Å²) < 4.78 is 0. The molecule has 12 rings (SSSR count). The minimum absolute atomic E-state index is 0.0825. The van der Waals surface area contributed by atoms with Gasteiger partial charge in [-0.1, -0.05) is 242 Å². The molecule has 0 atom stereocenters. The minimum atomic E-state index is 0.0825. The Morgan fingerprint density at radius 2 is 0.569 bits per heavy atom. The predicted molar refractivity (Wildman–Crippen MR) is 308 cm³/mol. The van der Waals surface area contributed by atoms with Gasteiger partial charge in [-0.05, 0) is 139 Å². The molecule has 0 saturated heterocycles. The zero-order valence-electron chi connectivity index (χ0n) is 41.8. The van der Waals surface area contributed by atoms with Crippen molar-refractivity contribution in [3.8, 4) is 78.3 Å². The van der Waals surface area contributed by atoms with E-state index in [9.17, 15) is 0 Å². The van der Waals surface area contributed by atoms with E-state index < -0.39 is 0 Å². The fraction of sp³-hybridized carbons (Fsp3) is 0.114. The van der Waals surface area contributed by atoms with Gasteiger partial charge in [0.05, 0.1) is 17.1 Å². The van der Waals surface area contributed by atoms with Gasteiger partial charge in [0.1, 0.15) is 0 Å². The topological polar surface area (TPSA) is 25.8 Å². The summed E-state index contributed by atoms with van der Waals surface area (Å²) in [5.74, 6) is 0. The molecule has 0 bridgehead atoms. The molecular weight excluding hydrogens is 869 g/mol. The van der Waals surface area contributed by atoms with Crippen molar-refractivity contribution in [2.75, 3.05) is 0 Å². The highest BCUT2D eigenvalue weighted by atomic mass is 14.8. The van der Waals surface area contributed by atoms with Crippen LogP contribution in [0.2, 0.25) is 0 Å². The number of hydrogen-bond donors (Lipinski definition) is 0. The van der Waals surface area contributed by atoms with Gasteiger partial charge in [0.25, 0.3) is 0 Å². The van der Waals surface area contributed by atoms with Gasteiger partial charge in [-0.2, -0.15) is 0 Å². The Kier molecular flexibility index (Phi) is 11.0. The third-order valence-electron chi connectivity index (χ3n) is 14.7. The third-order valence-corrected chi connectivity index (χ3v) is 14.7. The molecule has 2 aromatic heterocycles. The average molecular weight is 925 g/mol. The maximum absolute atomic E-state index is 5.42. The van der Waals surface area contributed by atoms with Crippen LogP contribution in [0.15, 0.2) is 231 Å². The van der Waals surface area contributed by atoms with Crippen LogP contribution in [0.3, 0.4) is 0 Å². The van der Waals surface area contributed by atoms with Crippen molar-refractivity contribution in [2.24, 2.45) is 0 Å². The van der Waals surface area contributed by atoms with E-state index in [0.717, 1.165) is 33.8 Å². The quantitative estimate of drug-likeness (QED) is 0.149. The minimum Gasteiger partial charge on any atom is -0.255 e. The maximum Gasteiger partial charge on any atom is 0.0894 e. The molecule has 2 nitrogen and oxygen atoms in total. The molecule has 0 unspecified atom stereocenters. The van der Waals surface area contributed by atoms with Crippen molar-refractivity contribution in [3.05, 3.63) is 242 Å². The summed E-state index contributed by atoms with van der Waals surface area (Å²) in [6, 6.07) is 82.5. The van der Waals surface area contributed by atoms with Gasteiger partial charge in [0.15, 0.2) is 0 Å². The van der Waals surface area contributed by atoms with Crippen molar-refractivity contribution in [1.82, 2.24) is 9.97 Å². The first-order valence-electron chi connectivity index (χ1n) is 25.2. The molecule has 0 aliphatic rings. The molecule has 0 aliphatic heterocycles. The van der Waals surface area contributed by atoms with Crippen LogP contribution in [0.5, 0.6) is 0 Å². The summed E-state index contributed by atoms with van der Waals surface area (Å²) in [6.07, 6.45) is 1.83. The van der Waals surface area contributed by atoms with E-state index in [0.29, 0.717) is 0 Å². The zero-order chi connectivity index (χ0) is 49.1. The van der Waals surface area contributed by atoms with Crippen molar-refractivity contribution < 1.29 is 0 Å². The zero-order valence-corrected chi connectivity index (χ0v) is 41.8. The van der Waals surface area contributed by atoms with E-state index in [1.807, 2.05) is 24.4 Å². The first-order valence-corrected chi connectivity index (χ1v) is 25.2. The van der Waals surface area contributed by atoms with Crippen LogP contribution in [0.1, 0.15) is 52.7 Å². The molecule has 0 fully saturated rings. The van der Waals surface area contributed by atoms with Crippen LogP contribution in [0.25, 0.3) is 121 Å². The second-order valence-corrected chi connectivity index (χ2v) is 21.3. The van der Waals surface area contributed by atoms with Gasteiger partial charge in [-0.3, -0.25) is 4.98 Å². The monoisotopic (exact) mass is 924 g/mol. The van der Waals surface area contributed by atoms with Crippen molar-refractivity contribution >= 4 is 43.1 Å². The van der Waals surface area contributed by atoms with Crippen molar-refractivity contribution in [1.29, 1.82) is 0 Å². The molecule has 10 aromatic carbocycles. The molecule has 0 amide bonds. The Bertz CT molecular complexity index is 3870. The van der Waals surface area contributed by atoms with Crippen LogP contribution in [-0.4, -0.2) is 9.97 Å². The van der Waals surface area contributed by atoms with Crippen LogP contribution in [0.4, 0.5) is 0 Å². The van der Waals surface area contributed by atoms with E-state index in [-0.39, 0.29) is 10.8 Å². The lowest BCUT2D eigenvalue weighted by atomic mass is 9.83. The SMILES string of the molecule is CC(C)(C)c1ccc(-c2c3ccccc3c(-c3ccc(-c4ccc(-c5ccccn5)nc4-c4ccc(-c5c6ccccc6c(-c6ccc(C(C)(C)C)cc6)c6ccccc56)cc4)cc3)c3ccccc23)cc1. The number of nitrogens with zero attached hydrogens (tertiary/aromatic N) is 2. The summed E-state index contributed by atoms with van der Waals surface area (Å²) in [6.45, 7) is 13.6. The Labute approximate surface area is 423 Å². The largest absolute Gasteiger partial charge is 0.255 e. The van der Waals surface area contributed by atoms with Crippen LogP contribution in [-0.2, 0) is 10.8 Å². The van der Waals surface area contributed by atoms with Crippen LogP contribution < -0.4 is 0 Å². The summed E-state index contributed by atoms with van der Waals surface area (Å²) >= 11 is 0. The molecular formula is C70H56N2. The first-order chi connectivity index (χ1) is 35.0. The number of rotatable bonds is 7. The summed E-state index contributed by atoms with van der Waals surface area (Å²) in [5.41, 5.74) is 18.5. The normalized spacial score (nSPS) is 12.0. The summed E-state index contributed by atoms with van der Waals surface area (Å²) in [7, 11) is 0. The number of hydrogen-bond acceptors (Lipinski definition) is 2. The average Bonchev–Trinajstić information content (AvgIpc) is 3.41. The Balaban J connectivity index is 0.966. The molecule has 2 heteroatoms. The van der Waals surface area contributed by atoms with E-state index in [4.69, 9.17) is 9.97 Å². The molecule has 0 spiro atoms. The molecule has 2 heterocycles. The number of aromatic nitrogens is 2. The highest BCUT2D eigenvalue weighted by molar-refractivity contribution is 6.22. The van der Waals surface area contributed by atoms with Gasteiger partial charge in [0, 0.05) is 17.3 Å². The Morgan fingerprint density at radius 3 is 0.889 bits per heavy atom. The fourth-order valence-corrected chi connectivity index (χ4v) is 11.0. The summed E-state index contributed by atoms with van der Waals surface area (Å²) in [5, 5.41) is 9.95. The number of fused-ring (bicyclic) bond motifs is 4. The Morgan fingerprint density at radius 1 is 0.264 bits per heavy atom. The lowest BCUT2D eigenvalue weighted by Gasteiger charge is -2.21. The maximum atomic E-state index is 5.42. The standard InChI is InChI=1S/C70H56N2/c1-69(2,3)51-38-34-48(35-39-51)66-58-21-11-7-17-54(58)64(55-18-8-12-22-59(55)66)46-28-26-45(27-29-46)53-42-43-63(62-25-15-16-44-71-62)72-68(53)50-32-30-47(31-33-50)65-56-19-9-13-23-60(56)67(61-24-14-10-20-57(61)65)49-36-40-52(41-37-49)70(4,5)6/h7-44H,1-6H3. The molecule has 0 radical (unpaired) electrons. The van der Waals surface area contributed by atoms with E-state index in [2.05, 4.69) is 248 Å². The fourth-order valence-electron chi connectivity index (χ4n) is 11.0. The lowest BCUT2D eigenvalue weighted by Crippen LogP contribution is -2.10. The van der Waals surface area contributed by atoms with E-state index >= 15 is 0 Å². The van der Waals surface area contributed by atoms with Gasteiger partial charge in [-0.15, -0.1) is 0 Å². The van der Waals surface area contributed by atoms with Gasteiger partial charge >= 0.3 is 0 Å². The van der Waals surface area contributed by atoms with E-state index in [1.165, 1.54) is 98.7 Å². The van der Waals surface area contributed by atoms with Crippen LogP contribution >= 0.6 is 0 Å². The Hall–Kier alpha value is -8.46. The molecule has 0 saturated carbocycles. The first kappa shape index (κ1) is 44.7. The second kappa shape index (κ2) is 17.7. The molecule has 0 N–H and O–H groups in total. The third kappa shape index (κ3) is 7.94. The molecule has 12 aromatic rings. The molecule has 346 valence electrons. The molecule has 0 aliphatic carbocycles. The highest BCUT2D eigenvalue weighted by Crippen LogP contribution is 2.47. The lowest BCUT2D eigenvalue weighted by molar-refractivity contribution is 0.590. The smallest absolute Gasteiger partial charge is 0.0894 e. The van der Waals surface area contributed by atoms with Gasteiger partial charge in [-0.25, -0.2) is 4.98 Å². The predicted octanol–water partition coefficient (Wildman–Crippen LogP) is 19.4. The number of pyridine rings is 2. The van der Waals surface area contributed by atoms with Crippen LogP contribution in [0, 0.1) is 0 Å². The molecule has 72 heavy (non-hydrogen) atoms. The number of benzene rings is 10. The highest BCUT2D eigenvalue weighted by Gasteiger charge is 2.22. The van der Waals surface area contributed by atoms with Crippen molar-refractivity contribution in [2.45, 2.75) is 52.4 Å². The van der Waals surface area contributed by atoms with E-state index in [1.54, 1.807) is 0 Å². The second-order valence-electron chi connectivity index (χ2n) is 21.3. The van der Waals surface area contributed by atoms with Crippen molar-refractivity contribution in [3.63, 3.8) is 0 Å². The van der Waals surface area contributed by atoms with Gasteiger partial charge < -0.3 is 0 Å².